The molecular weight excluding hydrogens is 220 g/mol. The van der Waals surface area contributed by atoms with E-state index in [9.17, 15) is 4.79 Å². The molecule has 3 nitrogen and oxygen atoms in total. The topological polar surface area (TPSA) is 41.1 Å². The second-order valence-electron chi connectivity index (χ2n) is 4.93. The first-order valence-electron chi connectivity index (χ1n) is 5.62. The summed E-state index contributed by atoms with van der Waals surface area (Å²) in [7, 11) is 0. The predicted octanol–water partition coefficient (Wildman–Crippen LogP) is 1.36. The van der Waals surface area contributed by atoms with Crippen LogP contribution in [0.5, 0.6) is 0 Å². The van der Waals surface area contributed by atoms with Gasteiger partial charge < -0.3 is 10.6 Å². The molecule has 0 aromatic carbocycles. The zero-order valence-electron chi connectivity index (χ0n) is 9.75. The number of hydrogen-bond donors (Lipinski definition) is 2. The van der Waals surface area contributed by atoms with E-state index in [0.29, 0.717) is 6.54 Å². The smallest absolute Gasteiger partial charge is 0.225 e. The minimum absolute atomic E-state index is 0.0288. The summed E-state index contributed by atoms with van der Waals surface area (Å²) < 4.78 is 0. The molecule has 1 aromatic heterocycles. The number of carbonyl (C=O) groups excluding carboxylic acids is 1. The molecular formula is C12H18N2OS. The van der Waals surface area contributed by atoms with Crippen LogP contribution in [0.3, 0.4) is 0 Å². The zero-order chi connectivity index (χ0) is 11.6. The van der Waals surface area contributed by atoms with Gasteiger partial charge in [0.25, 0.3) is 0 Å². The highest BCUT2D eigenvalue weighted by Gasteiger charge is 2.27. The predicted molar refractivity (Wildman–Crippen MR) is 66.7 cm³/mol. The van der Waals surface area contributed by atoms with E-state index < -0.39 is 0 Å². The molecule has 2 rings (SSSR count). The van der Waals surface area contributed by atoms with Gasteiger partial charge in [0.15, 0.2) is 0 Å². The molecule has 0 unspecified atom stereocenters. The van der Waals surface area contributed by atoms with Crippen molar-refractivity contribution in [3.8, 4) is 0 Å². The van der Waals surface area contributed by atoms with Crippen LogP contribution in [0.25, 0.3) is 0 Å². The highest BCUT2D eigenvalue weighted by atomic mass is 32.1. The third kappa shape index (κ3) is 2.44. The fourth-order valence-electron chi connectivity index (χ4n) is 1.68. The lowest BCUT2D eigenvalue weighted by molar-refractivity contribution is -0.126. The van der Waals surface area contributed by atoms with Crippen molar-refractivity contribution in [1.82, 2.24) is 10.6 Å². The molecule has 0 atom stereocenters. The van der Waals surface area contributed by atoms with Crippen LogP contribution in [0.2, 0.25) is 0 Å². The van der Waals surface area contributed by atoms with Gasteiger partial charge in [0.05, 0.1) is 5.92 Å². The minimum Gasteiger partial charge on any atom is -0.355 e. The molecule has 16 heavy (non-hydrogen) atoms. The van der Waals surface area contributed by atoms with Crippen LogP contribution in [0, 0.1) is 5.92 Å². The molecule has 1 aromatic rings. The molecule has 88 valence electrons. The molecule has 1 aliphatic heterocycles. The van der Waals surface area contributed by atoms with Gasteiger partial charge >= 0.3 is 0 Å². The highest BCUT2D eigenvalue weighted by molar-refractivity contribution is 7.10. The van der Waals surface area contributed by atoms with Gasteiger partial charge in [0, 0.05) is 29.9 Å². The number of rotatable bonds is 4. The van der Waals surface area contributed by atoms with Gasteiger partial charge in [0.1, 0.15) is 0 Å². The second-order valence-corrected chi connectivity index (χ2v) is 5.88. The van der Waals surface area contributed by atoms with Crippen molar-refractivity contribution in [1.29, 1.82) is 0 Å². The fraction of sp³-hybridized carbons (Fsp3) is 0.583. The summed E-state index contributed by atoms with van der Waals surface area (Å²) in [5.74, 6) is 0.363. The molecule has 0 spiro atoms. The Morgan fingerprint density at radius 2 is 2.38 bits per heavy atom. The average Bonchev–Trinajstić information content (AvgIpc) is 2.65. The lowest BCUT2D eigenvalue weighted by atomic mass is 9.91. The molecule has 0 radical (unpaired) electrons. The SMILES string of the molecule is CC(C)(CNC(=O)C1CNC1)c1cccs1. The Bertz CT molecular complexity index is 355. The zero-order valence-corrected chi connectivity index (χ0v) is 10.6. The summed E-state index contributed by atoms with van der Waals surface area (Å²) in [5, 5.41) is 8.23. The van der Waals surface area contributed by atoms with E-state index >= 15 is 0 Å². The van der Waals surface area contributed by atoms with Crippen molar-refractivity contribution < 1.29 is 4.79 Å². The summed E-state index contributed by atoms with van der Waals surface area (Å²) in [5.41, 5.74) is 0.0288. The number of carbonyl (C=O) groups is 1. The molecule has 0 aliphatic carbocycles. The quantitative estimate of drug-likeness (QED) is 0.831. The van der Waals surface area contributed by atoms with E-state index in [2.05, 4.69) is 42.0 Å². The van der Waals surface area contributed by atoms with E-state index in [-0.39, 0.29) is 17.2 Å². The van der Waals surface area contributed by atoms with Gasteiger partial charge in [-0.3, -0.25) is 4.79 Å². The fourth-order valence-corrected chi connectivity index (χ4v) is 2.53. The van der Waals surface area contributed by atoms with Gasteiger partial charge in [-0.05, 0) is 11.4 Å². The lowest BCUT2D eigenvalue weighted by Gasteiger charge is -2.29. The van der Waals surface area contributed by atoms with Crippen LogP contribution in [0.15, 0.2) is 17.5 Å². The number of thiophene rings is 1. The van der Waals surface area contributed by atoms with E-state index in [1.54, 1.807) is 11.3 Å². The Hall–Kier alpha value is -0.870. The maximum absolute atomic E-state index is 11.7. The molecule has 2 N–H and O–H groups in total. The van der Waals surface area contributed by atoms with Crippen molar-refractivity contribution in [3.05, 3.63) is 22.4 Å². The molecule has 4 heteroatoms. The summed E-state index contributed by atoms with van der Waals surface area (Å²) in [6.07, 6.45) is 0. The Morgan fingerprint density at radius 1 is 1.62 bits per heavy atom. The monoisotopic (exact) mass is 238 g/mol. The van der Waals surface area contributed by atoms with Crippen LogP contribution >= 0.6 is 11.3 Å². The number of amides is 1. The third-order valence-electron chi connectivity index (χ3n) is 3.05. The van der Waals surface area contributed by atoms with Gasteiger partial charge in [-0.15, -0.1) is 11.3 Å². The van der Waals surface area contributed by atoms with Crippen molar-refractivity contribution in [2.75, 3.05) is 19.6 Å². The lowest BCUT2D eigenvalue weighted by Crippen LogP contribution is -2.52. The first kappa shape index (κ1) is 11.6. The standard InChI is InChI=1S/C12H18N2OS/c1-12(2,10-4-3-5-16-10)8-14-11(15)9-6-13-7-9/h3-5,9,13H,6-8H2,1-2H3,(H,14,15). The third-order valence-corrected chi connectivity index (χ3v) is 4.28. The Kier molecular flexibility index (Phi) is 3.30. The van der Waals surface area contributed by atoms with E-state index in [4.69, 9.17) is 0 Å². The van der Waals surface area contributed by atoms with Crippen LogP contribution in [-0.2, 0) is 10.2 Å². The van der Waals surface area contributed by atoms with Crippen LogP contribution in [0.4, 0.5) is 0 Å². The summed E-state index contributed by atoms with van der Waals surface area (Å²) >= 11 is 1.75. The summed E-state index contributed by atoms with van der Waals surface area (Å²) in [6.45, 7) is 6.69. The largest absolute Gasteiger partial charge is 0.355 e. The van der Waals surface area contributed by atoms with Gasteiger partial charge in [-0.1, -0.05) is 19.9 Å². The van der Waals surface area contributed by atoms with E-state index in [1.165, 1.54) is 4.88 Å². The minimum atomic E-state index is 0.0288. The van der Waals surface area contributed by atoms with Crippen LogP contribution < -0.4 is 10.6 Å². The van der Waals surface area contributed by atoms with Gasteiger partial charge in [0.2, 0.25) is 5.91 Å². The van der Waals surface area contributed by atoms with Crippen molar-refractivity contribution in [2.24, 2.45) is 5.92 Å². The first-order chi connectivity index (χ1) is 7.59. The molecule has 2 heterocycles. The van der Waals surface area contributed by atoms with Gasteiger partial charge in [-0.25, -0.2) is 0 Å². The van der Waals surface area contributed by atoms with E-state index in [0.717, 1.165) is 13.1 Å². The van der Waals surface area contributed by atoms with Crippen LogP contribution in [0.1, 0.15) is 18.7 Å². The molecule has 1 aliphatic rings. The Balaban J connectivity index is 1.86. The molecule has 0 bridgehead atoms. The summed E-state index contributed by atoms with van der Waals surface area (Å²) in [6, 6.07) is 4.18. The highest BCUT2D eigenvalue weighted by Crippen LogP contribution is 2.26. The molecule has 0 saturated carbocycles. The first-order valence-corrected chi connectivity index (χ1v) is 6.50. The normalized spacial score (nSPS) is 16.9. The van der Waals surface area contributed by atoms with Crippen molar-refractivity contribution in [3.63, 3.8) is 0 Å². The van der Waals surface area contributed by atoms with Crippen molar-refractivity contribution in [2.45, 2.75) is 19.3 Å². The Morgan fingerprint density at radius 3 is 2.88 bits per heavy atom. The number of nitrogens with one attached hydrogen (secondary N) is 2. The molecule has 1 saturated heterocycles. The Labute approximate surface area is 100 Å². The number of hydrogen-bond acceptors (Lipinski definition) is 3. The van der Waals surface area contributed by atoms with Gasteiger partial charge in [-0.2, -0.15) is 0 Å². The molecule has 1 amide bonds. The van der Waals surface area contributed by atoms with Crippen LogP contribution in [-0.4, -0.2) is 25.5 Å². The maximum atomic E-state index is 11.7. The maximum Gasteiger partial charge on any atom is 0.225 e. The summed E-state index contributed by atoms with van der Waals surface area (Å²) in [4.78, 5) is 13.0. The molecule has 1 fully saturated rings. The average molecular weight is 238 g/mol. The van der Waals surface area contributed by atoms with Crippen molar-refractivity contribution >= 4 is 17.2 Å². The second kappa shape index (κ2) is 4.55. The van der Waals surface area contributed by atoms with E-state index in [1.807, 2.05) is 0 Å².